The largest absolute Gasteiger partial charge is 0.312 e. The van der Waals surface area contributed by atoms with E-state index in [1.807, 2.05) is 41.1 Å². The molecule has 1 fully saturated rings. The van der Waals surface area contributed by atoms with E-state index < -0.39 is 6.17 Å². The van der Waals surface area contributed by atoms with Crippen LogP contribution < -0.4 is 5.56 Å². The van der Waals surface area contributed by atoms with Crippen LogP contribution in [-0.4, -0.2) is 10.7 Å². The molecule has 1 heterocycles. The van der Waals surface area contributed by atoms with Gasteiger partial charge in [-0.05, 0) is 49.6 Å². The second-order valence-electron chi connectivity index (χ2n) is 5.89. The third-order valence-electron chi connectivity index (χ3n) is 4.26. The molecule has 1 saturated carbocycles. The first kappa shape index (κ1) is 13.3. The molecule has 1 aromatic heterocycles. The Labute approximate surface area is 118 Å². The Kier molecular flexibility index (Phi) is 3.60. The molecule has 3 heteroatoms. The van der Waals surface area contributed by atoms with Gasteiger partial charge in [-0.15, -0.1) is 0 Å². The topological polar surface area (TPSA) is 22.0 Å². The van der Waals surface area contributed by atoms with Crippen molar-refractivity contribution < 1.29 is 4.39 Å². The van der Waals surface area contributed by atoms with Crippen molar-refractivity contribution in [2.24, 2.45) is 5.92 Å². The number of pyridine rings is 1. The molecule has 0 spiro atoms. The molecule has 3 rings (SSSR count). The number of alkyl halides is 1. The minimum atomic E-state index is -0.712. The molecular formula is C17H20FNO. The number of benzene rings is 1. The molecule has 0 amide bonds. The average Bonchev–Trinajstić information content (AvgIpc) is 3.18. The van der Waals surface area contributed by atoms with Crippen molar-refractivity contribution in [1.29, 1.82) is 0 Å². The summed E-state index contributed by atoms with van der Waals surface area (Å²) in [7, 11) is 0. The molecule has 0 N–H and O–H groups in total. The van der Waals surface area contributed by atoms with Crippen molar-refractivity contribution in [2.45, 2.75) is 44.8 Å². The van der Waals surface area contributed by atoms with Crippen LogP contribution in [0.15, 0.2) is 41.3 Å². The molecule has 1 aliphatic rings. The van der Waals surface area contributed by atoms with Crippen molar-refractivity contribution >= 4 is 10.8 Å². The van der Waals surface area contributed by atoms with Gasteiger partial charge in [0.05, 0.1) is 6.17 Å². The summed E-state index contributed by atoms with van der Waals surface area (Å²) in [4.78, 5) is 12.4. The van der Waals surface area contributed by atoms with Crippen LogP contribution in [0.25, 0.3) is 10.8 Å². The molecule has 1 unspecified atom stereocenters. The van der Waals surface area contributed by atoms with Gasteiger partial charge < -0.3 is 4.57 Å². The van der Waals surface area contributed by atoms with E-state index in [-0.39, 0.29) is 5.56 Å². The van der Waals surface area contributed by atoms with Gasteiger partial charge in [0, 0.05) is 17.6 Å². The lowest BCUT2D eigenvalue weighted by molar-refractivity contribution is 0.328. The molecule has 0 bridgehead atoms. The van der Waals surface area contributed by atoms with Crippen molar-refractivity contribution in [1.82, 2.24) is 4.57 Å². The number of aromatic nitrogens is 1. The summed E-state index contributed by atoms with van der Waals surface area (Å²) in [5.74, 6) is 0.549. The highest BCUT2D eigenvalue weighted by Crippen LogP contribution is 2.46. The van der Waals surface area contributed by atoms with Crippen LogP contribution >= 0.6 is 0 Å². The Morgan fingerprint density at radius 2 is 2.15 bits per heavy atom. The first-order chi connectivity index (χ1) is 9.66. The second kappa shape index (κ2) is 5.39. The van der Waals surface area contributed by atoms with Crippen molar-refractivity contribution in [2.75, 3.05) is 0 Å². The maximum atomic E-state index is 12.8. The molecular weight excluding hydrogens is 253 g/mol. The van der Waals surface area contributed by atoms with E-state index in [4.69, 9.17) is 0 Å². The second-order valence-corrected chi connectivity index (χ2v) is 5.89. The van der Waals surface area contributed by atoms with E-state index in [1.165, 1.54) is 0 Å². The lowest BCUT2D eigenvalue weighted by atomic mass is 10.1. The molecule has 2 nitrogen and oxygen atoms in total. The SMILES string of the molecule is C[C@@H](F)CCC[C@H]1CC1n1ccc2ccccc2c1=O. The summed E-state index contributed by atoms with van der Waals surface area (Å²) in [5, 5.41) is 1.79. The minimum absolute atomic E-state index is 0.106. The smallest absolute Gasteiger partial charge is 0.258 e. The summed E-state index contributed by atoms with van der Waals surface area (Å²) in [6, 6.07) is 10.0. The van der Waals surface area contributed by atoms with Gasteiger partial charge in [-0.2, -0.15) is 0 Å². The summed E-state index contributed by atoms with van der Waals surface area (Å²) >= 11 is 0. The van der Waals surface area contributed by atoms with Crippen LogP contribution in [0.1, 0.15) is 38.6 Å². The molecule has 2 aromatic rings. The van der Waals surface area contributed by atoms with Gasteiger partial charge in [-0.25, -0.2) is 4.39 Å². The van der Waals surface area contributed by atoms with Gasteiger partial charge in [-0.3, -0.25) is 4.79 Å². The third-order valence-corrected chi connectivity index (χ3v) is 4.26. The first-order valence-electron chi connectivity index (χ1n) is 7.41. The fraction of sp³-hybridized carbons (Fsp3) is 0.471. The number of hydrogen-bond acceptors (Lipinski definition) is 1. The standard InChI is InChI=1S/C17H20FNO/c1-12(18)5-4-7-14-11-16(14)19-10-9-13-6-2-3-8-15(13)17(19)20/h2-3,6,8-10,12,14,16H,4-5,7,11H2,1H3/t12-,14+,16?/m1/s1. The van der Waals surface area contributed by atoms with Gasteiger partial charge in [0.2, 0.25) is 0 Å². The monoisotopic (exact) mass is 273 g/mol. The van der Waals surface area contributed by atoms with E-state index in [2.05, 4.69) is 0 Å². The molecule has 0 radical (unpaired) electrons. The lowest BCUT2D eigenvalue weighted by Crippen LogP contribution is -2.19. The van der Waals surface area contributed by atoms with Gasteiger partial charge in [0.25, 0.3) is 5.56 Å². The predicted molar refractivity (Wildman–Crippen MR) is 79.8 cm³/mol. The Morgan fingerprint density at radius 1 is 1.35 bits per heavy atom. The van der Waals surface area contributed by atoms with Crippen LogP contribution in [0.4, 0.5) is 4.39 Å². The lowest BCUT2D eigenvalue weighted by Gasteiger charge is -2.07. The van der Waals surface area contributed by atoms with Gasteiger partial charge >= 0.3 is 0 Å². The summed E-state index contributed by atoms with van der Waals surface area (Å²) in [6.45, 7) is 1.61. The highest BCUT2D eigenvalue weighted by Gasteiger charge is 2.38. The van der Waals surface area contributed by atoms with Crippen LogP contribution in [0, 0.1) is 5.92 Å². The zero-order chi connectivity index (χ0) is 14.1. The fourth-order valence-corrected chi connectivity index (χ4v) is 3.01. The average molecular weight is 273 g/mol. The summed E-state index contributed by atoms with van der Waals surface area (Å²) in [6.07, 6.45) is 4.83. The number of hydrogen-bond donors (Lipinski definition) is 0. The highest BCUT2D eigenvalue weighted by molar-refractivity contribution is 5.81. The zero-order valence-electron chi connectivity index (χ0n) is 11.8. The molecule has 3 atom stereocenters. The van der Waals surface area contributed by atoms with Crippen molar-refractivity contribution in [3.63, 3.8) is 0 Å². The summed E-state index contributed by atoms with van der Waals surface area (Å²) in [5.41, 5.74) is 0.106. The molecule has 1 aromatic carbocycles. The maximum Gasteiger partial charge on any atom is 0.258 e. The Balaban J connectivity index is 1.73. The number of halogens is 1. The number of rotatable bonds is 5. The highest BCUT2D eigenvalue weighted by atomic mass is 19.1. The molecule has 0 saturated heterocycles. The maximum absolute atomic E-state index is 12.8. The Morgan fingerprint density at radius 3 is 2.95 bits per heavy atom. The Hall–Kier alpha value is -1.64. The number of nitrogens with zero attached hydrogens (tertiary/aromatic N) is 1. The van der Waals surface area contributed by atoms with Gasteiger partial charge in [-0.1, -0.05) is 24.6 Å². The Bertz CT molecular complexity index is 661. The van der Waals surface area contributed by atoms with Crippen LogP contribution in [0.3, 0.4) is 0 Å². The molecule has 1 aliphatic carbocycles. The fourth-order valence-electron chi connectivity index (χ4n) is 3.01. The van der Waals surface area contributed by atoms with E-state index in [1.54, 1.807) is 6.92 Å². The molecule has 20 heavy (non-hydrogen) atoms. The van der Waals surface area contributed by atoms with E-state index in [0.29, 0.717) is 18.4 Å². The van der Waals surface area contributed by atoms with Gasteiger partial charge in [0.1, 0.15) is 0 Å². The van der Waals surface area contributed by atoms with E-state index >= 15 is 0 Å². The molecule has 106 valence electrons. The molecule has 0 aliphatic heterocycles. The third kappa shape index (κ3) is 2.62. The van der Waals surface area contributed by atoms with E-state index in [0.717, 1.165) is 30.0 Å². The van der Waals surface area contributed by atoms with E-state index in [9.17, 15) is 9.18 Å². The van der Waals surface area contributed by atoms with Crippen LogP contribution in [0.5, 0.6) is 0 Å². The first-order valence-corrected chi connectivity index (χ1v) is 7.41. The van der Waals surface area contributed by atoms with Crippen LogP contribution in [0.2, 0.25) is 0 Å². The van der Waals surface area contributed by atoms with Crippen molar-refractivity contribution in [3.8, 4) is 0 Å². The quantitative estimate of drug-likeness (QED) is 0.804. The number of fused-ring (bicyclic) bond motifs is 1. The normalized spacial score (nSPS) is 22.9. The van der Waals surface area contributed by atoms with Crippen LogP contribution in [-0.2, 0) is 0 Å². The van der Waals surface area contributed by atoms with Crippen molar-refractivity contribution in [3.05, 3.63) is 46.9 Å². The zero-order valence-corrected chi connectivity index (χ0v) is 11.8. The minimum Gasteiger partial charge on any atom is -0.312 e. The summed E-state index contributed by atoms with van der Waals surface area (Å²) < 4.78 is 14.6. The predicted octanol–water partition coefficient (Wildman–Crippen LogP) is 4.09. The van der Waals surface area contributed by atoms with Gasteiger partial charge in [0.15, 0.2) is 0 Å².